The number of hydrogen-bond acceptors (Lipinski definition) is 2. The zero-order valence-electron chi connectivity index (χ0n) is 11.6. The zero-order chi connectivity index (χ0) is 13.4. The molecule has 0 unspecified atom stereocenters. The number of rotatable bonds is 7. The average molecular weight is 248 g/mol. The molecule has 100 valence electrons. The molecule has 0 saturated carbocycles. The van der Waals surface area contributed by atoms with Crippen LogP contribution in [0.3, 0.4) is 0 Å². The molecule has 0 radical (unpaired) electrons. The van der Waals surface area contributed by atoms with Gasteiger partial charge in [-0.2, -0.15) is 0 Å². The van der Waals surface area contributed by atoms with Gasteiger partial charge in [-0.05, 0) is 18.4 Å². The minimum absolute atomic E-state index is 0.164. The van der Waals surface area contributed by atoms with E-state index in [1.807, 2.05) is 27.0 Å². The fourth-order valence-electron chi connectivity index (χ4n) is 1.72. The second-order valence-corrected chi connectivity index (χ2v) is 4.94. The van der Waals surface area contributed by atoms with Gasteiger partial charge in [0.1, 0.15) is 0 Å². The highest BCUT2D eigenvalue weighted by Gasteiger charge is 2.08. The predicted octanol–water partition coefficient (Wildman–Crippen LogP) is 2.08. The molecule has 1 N–H and O–H groups in total. The van der Waals surface area contributed by atoms with Crippen LogP contribution >= 0.6 is 0 Å². The summed E-state index contributed by atoms with van der Waals surface area (Å²) in [6, 6.07) is 10.7. The van der Waals surface area contributed by atoms with Gasteiger partial charge in [0.15, 0.2) is 0 Å². The highest BCUT2D eigenvalue weighted by atomic mass is 16.2. The first-order valence-corrected chi connectivity index (χ1v) is 6.61. The van der Waals surface area contributed by atoms with Crippen LogP contribution in [0.1, 0.15) is 25.8 Å². The lowest BCUT2D eigenvalue weighted by molar-refractivity contribution is -0.129. The smallest absolute Gasteiger partial charge is 0.236 e. The van der Waals surface area contributed by atoms with Crippen molar-refractivity contribution in [2.24, 2.45) is 0 Å². The first-order chi connectivity index (χ1) is 8.59. The van der Waals surface area contributed by atoms with Crippen LogP contribution in [0.15, 0.2) is 30.3 Å². The van der Waals surface area contributed by atoms with Gasteiger partial charge in [0.2, 0.25) is 5.91 Å². The van der Waals surface area contributed by atoms with E-state index in [0.717, 1.165) is 19.4 Å². The maximum atomic E-state index is 11.8. The van der Waals surface area contributed by atoms with Crippen molar-refractivity contribution < 1.29 is 4.79 Å². The van der Waals surface area contributed by atoms with Gasteiger partial charge in [-0.3, -0.25) is 4.79 Å². The lowest BCUT2D eigenvalue weighted by Crippen LogP contribution is -2.38. The number of carbonyl (C=O) groups is 1. The summed E-state index contributed by atoms with van der Waals surface area (Å²) in [6.07, 6.45) is 2.03. The molecule has 0 saturated heterocycles. The number of aryl methyl sites for hydroxylation is 1. The molecule has 0 fully saturated rings. The van der Waals surface area contributed by atoms with Crippen molar-refractivity contribution in [3.05, 3.63) is 35.9 Å². The number of amides is 1. The third-order valence-electron chi connectivity index (χ3n) is 2.89. The van der Waals surface area contributed by atoms with Crippen molar-refractivity contribution in [3.63, 3.8) is 0 Å². The molecule has 1 rings (SSSR count). The molecule has 0 heterocycles. The average Bonchev–Trinajstić information content (AvgIpc) is 2.37. The van der Waals surface area contributed by atoms with Crippen molar-refractivity contribution in [1.29, 1.82) is 0 Å². The number of nitrogens with one attached hydrogen (secondary N) is 1. The molecule has 3 heteroatoms. The number of likely N-dealkylation sites (N-methyl/N-ethyl adjacent to an activating group) is 1. The molecule has 1 aromatic rings. The molecule has 1 amide bonds. The summed E-state index contributed by atoms with van der Waals surface area (Å²) in [5.74, 6) is 0.164. The van der Waals surface area contributed by atoms with Gasteiger partial charge in [0, 0.05) is 19.6 Å². The maximum Gasteiger partial charge on any atom is 0.236 e. The van der Waals surface area contributed by atoms with Crippen molar-refractivity contribution in [3.8, 4) is 0 Å². The maximum absolute atomic E-state index is 11.8. The monoisotopic (exact) mass is 248 g/mol. The summed E-state index contributed by atoms with van der Waals surface area (Å²) < 4.78 is 0. The van der Waals surface area contributed by atoms with Gasteiger partial charge < -0.3 is 10.2 Å². The highest BCUT2D eigenvalue weighted by Crippen LogP contribution is 2.03. The van der Waals surface area contributed by atoms with Gasteiger partial charge in [-0.1, -0.05) is 44.2 Å². The van der Waals surface area contributed by atoms with E-state index in [2.05, 4.69) is 29.6 Å². The summed E-state index contributed by atoms with van der Waals surface area (Å²) in [7, 11) is 1.87. The summed E-state index contributed by atoms with van der Waals surface area (Å²) in [5.41, 5.74) is 1.33. The van der Waals surface area contributed by atoms with E-state index in [4.69, 9.17) is 0 Å². The van der Waals surface area contributed by atoms with E-state index in [0.29, 0.717) is 12.6 Å². The minimum Gasteiger partial charge on any atom is -0.345 e. The standard InChI is InChI=1S/C15H24N2O/c1-13(2)16-12-15(18)17(3)11-7-10-14-8-5-4-6-9-14/h4-6,8-9,13,16H,7,10-12H2,1-3H3. The topological polar surface area (TPSA) is 32.3 Å². The Morgan fingerprint density at radius 3 is 2.56 bits per heavy atom. The van der Waals surface area contributed by atoms with E-state index < -0.39 is 0 Å². The quantitative estimate of drug-likeness (QED) is 0.801. The molecule has 0 aliphatic carbocycles. The van der Waals surface area contributed by atoms with Crippen LogP contribution in [-0.4, -0.2) is 37.0 Å². The van der Waals surface area contributed by atoms with Crippen LogP contribution in [0.2, 0.25) is 0 Å². The third-order valence-corrected chi connectivity index (χ3v) is 2.89. The Hall–Kier alpha value is -1.35. The van der Waals surface area contributed by atoms with Crippen LogP contribution in [0.4, 0.5) is 0 Å². The Labute approximate surface area is 110 Å². The third kappa shape index (κ3) is 5.82. The van der Waals surface area contributed by atoms with Gasteiger partial charge in [-0.25, -0.2) is 0 Å². The van der Waals surface area contributed by atoms with Crippen molar-refractivity contribution in [2.45, 2.75) is 32.7 Å². The second kappa shape index (κ2) is 7.88. The molecule has 0 spiro atoms. The van der Waals surface area contributed by atoms with Crippen molar-refractivity contribution in [1.82, 2.24) is 10.2 Å². The molecule has 0 aliphatic heterocycles. The molecule has 0 aromatic heterocycles. The summed E-state index contributed by atoms with van der Waals surface area (Å²) >= 11 is 0. The van der Waals surface area contributed by atoms with E-state index in [1.165, 1.54) is 5.56 Å². The van der Waals surface area contributed by atoms with Gasteiger partial charge in [-0.15, -0.1) is 0 Å². The largest absolute Gasteiger partial charge is 0.345 e. The molecule has 3 nitrogen and oxygen atoms in total. The van der Waals surface area contributed by atoms with Gasteiger partial charge >= 0.3 is 0 Å². The van der Waals surface area contributed by atoms with Crippen molar-refractivity contribution >= 4 is 5.91 Å². The summed E-state index contributed by atoms with van der Waals surface area (Å²) in [5, 5.41) is 3.14. The second-order valence-electron chi connectivity index (χ2n) is 4.94. The van der Waals surface area contributed by atoms with Gasteiger partial charge in [0.25, 0.3) is 0 Å². The zero-order valence-corrected chi connectivity index (χ0v) is 11.6. The number of hydrogen-bond donors (Lipinski definition) is 1. The Bertz CT molecular complexity index is 349. The number of benzene rings is 1. The fraction of sp³-hybridized carbons (Fsp3) is 0.533. The van der Waals surface area contributed by atoms with Crippen LogP contribution in [0, 0.1) is 0 Å². The first kappa shape index (κ1) is 14.7. The fourth-order valence-corrected chi connectivity index (χ4v) is 1.72. The minimum atomic E-state index is 0.164. The number of nitrogens with zero attached hydrogens (tertiary/aromatic N) is 1. The summed E-state index contributed by atoms with van der Waals surface area (Å²) in [6.45, 7) is 5.33. The molecule has 18 heavy (non-hydrogen) atoms. The normalized spacial score (nSPS) is 10.7. The molecule has 0 bridgehead atoms. The van der Waals surface area contributed by atoms with E-state index in [9.17, 15) is 4.79 Å². The Morgan fingerprint density at radius 1 is 1.28 bits per heavy atom. The van der Waals surface area contributed by atoms with E-state index in [1.54, 1.807) is 4.90 Å². The molecular formula is C15H24N2O. The molecule has 0 aliphatic rings. The lowest BCUT2D eigenvalue weighted by atomic mass is 10.1. The first-order valence-electron chi connectivity index (χ1n) is 6.61. The summed E-state index contributed by atoms with van der Waals surface area (Å²) in [4.78, 5) is 13.6. The Morgan fingerprint density at radius 2 is 1.94 bits per heavy atom. The molecular weight excluding hydrogens is 224 g/mol. The van der Waals surface area contributed by atoms with E-state index in [-0.39, 0.29) is 5.91 Å². The predicted molar refractivity (Wildman–Crippen MR) is 75.5 cm³/mol. The van der Waals surface area contributed by atoms with Crippen LogP contribution in [0.25, 0.3) is 0 Å². The van der Waals surface area contributed by atoms with Crippen LogP contribution in [0.5, 0.6) is 0 Å². The van der Waals surface area contributed by atoms with Crippen LogP contribution in [-0.2, 0) is 11.2 Å². The van der Waals surface area contributed by atoms with Crippen molar-refractivity contribution in [2.75, 3.05) is 20.1 Å². The number of carbonyl (C=O) groups excluding carboxylic acids is 1. The molecule has 0 atom stereocenters. The SMILES string of the molecule is CC(C)NCC(=O)N(C)CCCc1ccccc1. The van der Waals surface area contributed by atoms with Crippen LogP contribution < -0.4 is 5.32 Å². The Kier molecular flexibility index (Phi) is 6.44. The lowest BCUT2D eigenvalue weighted by Gasteiger charge is -2.18. The van der Waals surface area contributed by atoms with E-state index >= 15 is 0 Å². The van der Waals surface area contributed by atoms with Gasteiger partial charge in [0.05, 0.1) is 6.54 Å². The highest BCUT2D eigenvalue weighted by molar-refractivity contribution is 5.77. The molecule has 1 aromatic carbocycles. The Balaban J connectivity index is 2.20.